The van der Waals surface area contributed by atoms with Crippen molar-refractivity contribution in [2.24, 2.45) is 0 Å². The highest BCUT2D eigenvalue weighted by atomic mass is 79.9. The van der Waals surface area contributed by atoms with E-state index in [2.05, 4.69) is 15.9 Å². The Morgan fingerprint density at radius 1 is 1.33 bits per heavy atom. The molecule has 80 valence electrons. The molecule has 1 rings (SSSR count). The zero-order valence-corrected chi connectivity index (χ0v) is 9.82. The summed E-state index contributed by atoms with van der Waals surface area (Å²) in [5.74, 6) is -0.875. The molecule has 0 spiro atoms. The standard InChI is InChI=1S/C11H11BrO3/c1-7(12)11(15)9-4-2-8(3-5-9)6-10(13)14/h2-5,7H,6H2,1H3,(H,13,14). The van der Waals surface area contributed by atoms with E-state index in [9.17, 15) is 9.59 Å². The Morgan fingerprint density at radius 2 is 1.87 bits per heavy atom. The molecule has 0 saturated heterocycles. The Bertz CT molecular complexity index is 368. The molecule has 1 aromatic rings. The zero-order chi connectivity index (χ0) is 11.4. The van der Waals surface area contributed by atoms with Crippen molar-refractivity contribution in [3.63, 3.8) is 0 Å². The van der Waals surface area contributed by atoms with E-state index in [-0.39, 0.29) is 17.0 Å². The molecule has 0 aromatic heterocycles. The lowest BCUT2D eigenvalue weighted by molar-refractivity contribution is -0.136. The first kappa shape index (κ1) is 11.9. The second-order valence-electron chi connectivity index (χ2n) is 3.25. The molecule has 1 unspecified atom stereocenters. The molecule has 4 heteroatoms. The van der Waals surface area contributed by atoms with Gasteiger partial charge in [0.15, 0.2) is 5.78 Å². The van der Waals surface area contributed by atoms with Crippen molar-refractivity contribution in [2.45, 2.75) is 18.2 Å². The van der Waals surface area contributed by atoms with Crippen molar-refractivity contribution in [2.75, 3.05) is 0 Å². The molecule has 1 aromatic carbocycles. The number of Topliss-reactive ketones (excluding diaryl/α,β-unsaturated/α-hetero) is 1. The largest absolute Gasteiger partial charge is 0.481 e. The van der Waals surface area contributed by atoms with Gasteiger partial charge in [-0.3, -0.25) is 9.59 Å². The van der Waals surface area contributed by atoms with Gasteiger partial charge in [0.1, 0.15) is 0 Å². The normalized spacial score (nSPS) is 12.1. The van der Waals surface area contributed by atoms with Crippen LogP contribution >= 0.6 is 15.9 Å². The number of hydrogen-bond acceptors (Lipinski definition) is 2. The summed E-state index contributed by atoms with van der Waals surface area (Å²) in [6.45, 7) is 1.76. The van der Waals surface area contributed by atoms with Crippen LogP contribution in [0, 0.1) is 0 Å². The third-order valence-electron chi connectivity index (χ3n) is 1.96. The first-order valence-electron chi connectivity index (χ1n) is 4.49. The molecule has 0 aliphatic rings. The van der Waals surface area contributed by atoms with Gasteiger partial charge in [-0.05, 0) is 12.5 Å². The fraction of sp³-hybridized carbons (Fsp3) is 0.273. The van der Waals surface area contributed by atoms with Gasteiger partial charge in [0.25, 0.3) is 0 Å². The summed E-state index contributed by atoms with van der Waals surface area (Å²) < 4.78 is 0. The Kier molecular flexibility index (Phi) is 4.03. The highest BCUT2D eigenvalue weighted by Crippen LogP contribution is 2.11. The number of alkyl halides is 1. The second kappa shape index (κ2) is 5.07. The zero-order valence-electron chi connectivity index (χ0n) is 8.24. The minimum absolute atomic E-state index is 0.00289. The molecule has 1 N–H and O–H groups in total. The number of carboxylic acids is 1. The highest BCUT2D eigenvalue weighted by Gasteiger charge is 2.11. The van der Waals surface area contributed by atoms with Crippen LogP contribution in [0.2, 0.25) is 0 Å². The van der Waals surface area contributed by atoms with Gasteiger partial charge in [-0.2, -0.15) is 0 Å². The Morgan fingerprint density at radius 3 is 2.27 bits per heavy atom. The summed E-state index contributed by atoms with van der Waals surface area (Å²) in [4.78, 5) is 21.7. The van der Waals surface area contributed by atoms with Crippen LogP contribution in [0.4, 0.5) is 0 Å². The van der Waals surface area contributed by atoms with Gasteiger partial charge in [-0.15, -0.1) is 0 Å². The first-order chi connectivity index (χ1) is 7.00. The monoisotopic (exact) mass is 270 g/mol. The average molecular weight is 271 g/mol. The average Bonchev–Trinajstić information content (AvgIpc) is 2.17. The Balaban J connectivity index is 2.81. The SMILES string of the molecule is CC(Br)C(=O)c1ccc(CC(=O)O)cc1. The molecule has 15 heavy (non-hydrogen) atoms. The number of ketones is 1. The van der Waals surface area contributed by atoms with Crippen molar-refractivity contribution in [1.82, 2.24) is 0 Å². The van der Waals surface area contributed by atoms with Crippen molar-refractivity contribution in [3.05, 3.63) is 35.4 Å². The summed E-state index contributed by atoms with van der Waals surface area (Å²) in [6.07, 6.45) is -0.0155. The molecule has 0 amide bonds. The van der Waals surface area contributed by atoms with Gasteiger partial charge in [-0.25, -0.2) is 0 Å². The molecule has 0 heterocycles. The molecule has 0 aliphatic carbocycles. The van der Waals surface area contributed by atoms with Crippen LogP contribution in [0.1, 0.15) is 22.8 Å². The maximum Gasteiger partial charge on any atom is 0.307 e. The molecule has 3 nitrogen and oxygen atoms in total. The maximum absolute atomic E-state index is 11.5. The van der Waals surface area contributed by atoms with Crippen LogP contribution in [-0.2, 0) is 11.2 Å². The van der Waals surface area contributed by atoms with Crippen molar-refractivity contribution >= 4 is 27.7 Å². The van der Waals surface area contributed by atoms with E-state index in [1.54, 1.807) is 31.2 Å². The minimum Gasteiger partial charge on any atom is -0.481 e. The Labute approximate surface area is 96.2 Å². The van der Waals surface area contributed by atoms with E-state index >= 15 is 0 Å². The van der Waals surface area contributed by atoms with Crippen molar-refractivity contribution in [1.29, 1.82) is 0 Å². The molecule has 0 fully saturated rings. The van der Waals surface area contributed by atoms with E-state index < -0.39 is 5.97 Å². The molecule has 0 saturated carbocycles. The lowest BCUT2D eigenvalue weighted by Crippen LogP contribution is -2.10. The van der Waals surface area contributed by atoms with Gasteiger partial charge in [-0.1, -0.05) is 40.2 Å². The third-order valence-corrected chi connectivity index (χ3v) is 2.37. The molecular weight excluding hydrogens is 260 g/mol. The number of aliphatic carboxylic acids is 1. The lowest BCUT2D eigenvalue weighted by Gasteiger charge is -2.03. The first-order valence-corrected chi connectivity index (χ1v) is 5.41. The van der Waals surface area contributed by atoms with Crippen LogP contribution < -0.4 is 0 Å². The predicted molar refractivity (Wildman–Crippen MR) is 60.5 cm³/mol. The van der Waals surface area contributed by atoms with Gasteiger partial charge in [0.2, 0.25) is 0 Å². The maximum atomic E-state index is 11.5. The number of benzene rings is 1. The quantitative estimate of drug-likeness (QED) is 0.675. The van der Waals surface area contributed by atoms with E-state index in [0.717, 1.165) is 0 Å². The molecule has 1 atom stereocenters. The summed E-state index contributed by atoms with van der Waals surface area (Å²) >= 11 is 3.19. The minimum atomic E-state index is -0.872. The van der Waals surface area contributed by atoms with Gasteiger partial charge in [0.05, 0.1) is 11.2 Å². The summed E-state index contributed by atoms with van der Waals surface area (Å²) in [5.41, 5.74) is 1.29. The van der Waals surface area contributed by atoms with Crippen molar-refractivity contribution < 1.29 is 14.7 Å². The number of carbonyl (C=O) groups excluding carboxylic acids is 1. The van der Waals surface area contributed by atoms with Gasteiger partial charge >= 0.3 is 5.97 Å². The highest BCUT2D eigenvalue weighted by molar-refractivity contribution is 9.10. The van der Waals surface area contributed by atoms with Gasteiger partial charge < -0.3 is 5.11 Å². The van der Waals surface area contributed by atoms with Crippen LogP contribution in [0.25, 0.3) is 0 Å². The van der Waals surface area contributed by atoms with E-state index in [4.69, 9.17) is 5.11 Å². The number of halogens is 1. The smallest absolute Gasteiger partial charge is 0.307 e. The molecule has 0 bridgehead atoms. The van der Waals surface area contributed by atoms with Crippen LogP contribution in [0.3, 0.4) is 0 Å². The van der Waals surface area contributed by atoms with Crippen LogP contribution in [-0.4, -0.2) is 21.7 Å². The third kappa shape index (κ3) is 3.47. The summed E-state index contributed by atoms with van der Waals surface area (Å²) in [7, 11) is 0. The molecule has 0 aliphatic heterocycles. The van der Waals surface area contributed by atoms with Crippen molar-refractivity contribution in [3.8, 4) is 0 Å². The second-order valence-corrected chi connectivity index (χ2v) is 4.62. The lowest BCUT2D eigenvalue weighted by atomic mass is 10.1. The number of rotatable bonds is 4. The van der Waals surface area contributed by atoms with Crippen LogP contribution in [0.15, 0.2) is 24.3 Å². The Hall–Kier alpha value is -1.16. The number of carboxylic acid groups (broad SMARTS) is 1. The van der Waals surface area contributed by atoms with E-state index in [1.165, 1.54) is 0 Å². The number of carbonyl (C=O) groups is 2. The van der Waals surface area contributed by atoms with Crippen LogP contribution in [0.5, 0.6) is 0 Å². The van der Waals surface area contributed by atoms with Gasteiger partial charge in [0, 0.05) is 5.56 Å². The fourth-order valence-corrected chi connectivity index (χ4v) is 1.46. The summed E-state index contributed by atoms with van der Waals surface area (Å²) in [5, 5.41) is 8.56. The number of hydrogen-bond donors (Lipinski definition) is 1. The topological polar surface area (TPSA) is 54.4 Å². The van der Waals surface area contributed by atoms with E-state index in [0.29, 0.717) is 11.1 Å². The van der Waals surface area contributed by atoms with E-state index in [1.807, 2.05) is 0 Å². The summed E-state index contributed by atoms with van der Waals surface area (Å²) in [6, 6.07) is 6.63. The molecule has 0 radical (unpaired) electrons. The molecular formula is C11H11BrO3. The fourth-order valence-electron chi connectivity index (χ4n) is 1.19. The predicted octanol–water partition coefficient (Wildman–Crippen LogP) is 2.28.